The maximum atomic E-state index is 12.5. The minimum Gasteiger partial charge on any atom is -0.342 e. The number of aryl methyl sites for hydroxylation is 1. The number of aromatic amines is 1. The van der Waals surface area contributed by atoms with Crippen LogP contribution in [0.25, 0.3) is 11.2 Å². The molecule has 3 aromatic rings. The van der Waals surface area contributed by atoms with Gasteiger partial charge in [0.2, 0.25) is 5.95 Å². The van der Waals surface area contributed by atoms with E-state index in [1.165, 1.54) is 11.0 Å². The predicted octanol–water partition coefficient (Wildman–Crippen LogP) is 1.51. The summed E-state index contributed by atoms with van der Waals surface area (Å²) in [6, 6.07) is 9.63. The molecule has 0 radical (unpaired) electrons. The normalized spacial score (nSPS) is 14.8. The molecule has 0 aliphatic carbocycles. The molecule has 0 atom stereocenters. The second kappa shape index (κ2) is 7.71. The van der Waals surface area contributed by atoms with Gasteiger partial charge in [-0.25, -0.2) is 4.79 Å². The number of hydrogen-bond acceptors (Lipinski definition) is 6. The topological polar surface area (TPSA) is 100 Å². The summed E-state index contributed by atoms with van der Waals surface area (Å²) in [4.78, 5) is 33.7. The minimum atomic E-state index is -0.466. The van der Waals surface area contributed by atoms with Gasteiger partial charge in [0.15, 0.2) is 11.2 Å². The highest BCUT2D eigenvalue weighted by Gasteiger charge is 2.22. The molecule has 0 unspecified atom stereocenters. The first-order chi connectivity index (χ1) is 13.6. The second-order valence-electron chi connectivity index (χ2n) is 6.85. The summed E-state index contributed by atoms with van der Waals surface area (Å²) in [5.74, 6) is 0.701. The van der Waals surface area contributed by atoms with E-state index in [-0.39, 0.29) is 0 Å². The summed E-state index contributed by atoms with van der Waals surface area (Å²) >= 11 is 0. The maximum Gasteiger partial charge on any atom is 0.329 e. The molecule has 28 heavy (non-hydrogen) atoms. The van der Waals surface area contributed by atoms with E-state index in [1.54, 1.807) is 13.3 Å². The zero-order valence-electron chi connectivity index (χ0n) is 15.8. The zero-order valence-corrected chi connectivity index (χ0v) is 15.8. The van der Waals surface area contributed by atoms with Crippen molar-refractivity contribution in [2.45, 2.75) is 25.8 Å². The number of nitrogens with one attached hydrogen (secondary N) is 2. The minimum absolute atomic E-state index is 0.365. The van der Waals surface area contributed by atoms with Crippen LogP contribution in [0.15, 0.2) is 45.0 Å². The van der Waals surface area contributed by atoms with Crippen LogP contribution in [0.5, 0.6) is 0 Å². The number of hydrazone groups is 1. The highest BCUT2D eigenvalue weighted by atomic mass is 16.2. The molecule has 1 aliphatic heterocycles. The van der Waals surface area contributed by atoms with Crippen LogP contribution in [0.1, 0.15) is 19.3 Å². The summed E-state index contributed by atoms with van der Waals surface area (Å²) in [7, 11) is 1.61. The van der Waals surface area contributed by atoms with E-state index in [9.17, 15) is 9.59 Å². The molecule has 2 N–H and O–H groups in total. The smallest absolute Gasteiger partial charge is 0.329 e. The van der Waals surface area contributed by atoms with Gasteiger partial charge in [-0.3, -0.25) is 24.3 Å². The van der Waals surface area contributed by atoms with E-state index in [1.807, 2.05) is 34.9 Å². The van der Waals surface area contributed by atoms with Gasteiger partial charge in [-0.2, -0.15) is 10.1 Å². The molecule has 1 saturated heterocycles. The predicted molar refractivity (Wildman–Crippen MR) is 110 cm³/mol. The van der Waals surface area contributed by atoms with Crippen LogP contribution >= 0.6 is 0 Å². The van der Waals surface area contributed by atoms with Crippen LogP contribution in [-0.2, 0) is 13.6 Å². The Balaban J connectivity index is 1.71. The Morgan fingerprint density at radius 3 is 2.68 bits per heavy atom. The van der Waals surface area contributed by atoms with E-state index in [0.29, 0.717) is 23.7 Å². The van der Waals surface area contributed by atoms with Crippen LogP contribution in [0.2, 0.25) is 0 Å². The lowest BCUT2D eigenvalue weighted by Gasteiger charge is -2.27. The lowest BCUT2D eigenvalue weighted by atomic mass is 10.1. The van der Waals surface area contributed by atoms with E-state index < -0.39 is 11.2 Å². The third-order valence-electron chi connectivity index (χ3n) is 4.95. The Labute approximate surface area is 161 Å². The molecule has 0 amide bonds. The summed E-state index contributed by atoms with van der Waals surface area (Å²) in [5.41, 5.74) is 3.72. The van der Waals surface area contributed by atoms with Crippen LogP contribution in [0, 0.1) is 0 Å². The molecule has 4 rings (SSSR count). The number of fused-ring (bicyclic) bond motifs is 1. The van der Waals surface area contributed by atoms with Crippen LogP contribution in [0.3, 0.4) is 0 Å². The highest BCUT2D eigenvalue weighted by molar-refractivity contribution is 5.76. The Bertz CT molecular complexity index is 1100. The highest BCUT2D eigenvalue weighted by Crippen LogP contribution is 2.22. The molecular formula is C19H23N7O2. The molecule has 146 valence electrons. The van der Waals surface area contributed by atoms with Crippen molar-refractivity contribution in [3.63, 3.8) is 0 Å². The quantitative estimate of drug-likeness (QED) is 0.515. The van der Waals surface area contributed by atoms with Gasteiger partial charge in [-0.1, -0.05) is 18.2 Å². The number of H-pyrrole nitrogens is 1. The Hall–Kier alpha value is -3.36. The van der Waals surface area contributed by atoms with Gasteiger partial charge < -0.3 is 4.90 Å². The fourth-order valence-corrected chi connectivity index (χ4v) is 3.49. The first-order valence-corrected chi connectivity index (χ1v) is 9.42. The van der Waals surface area contributed by atoms with Crippen molar-refractivity contribution in [2.75, 3.05) is 23.4 Å². The zero-order chi connectivity index (χ0) is 19.5. The molecule has 1 aromatic carbocycles. The van der Waals surface area contributed by atoms with E-state index in [0.717, 1.165) is 31.6 Å². The fraction of sp³-hybridized carbons (Fsp3) is 0.368. The van der Waals surface area contributed by atoms with Gasteiger partial charge in [0, 0.05) is 26.4 Å². The lowest BCUT2D eigenvalue weighted by Crippen LogP contribution is -2.32. The number of rotatable bonds is 5. The lowest BCUT2D eigenvalue weighted by molar-refractivity contribution is 0.562. The SMILES string of the molecule is Cn1c(=O)[nH]c(=O)c2c1nc(N1CCCCC1)n2CC=NNc1ccccc1. The summed E-state index contributed by atoms with van der Waals surface area (Å²) in [6.07, 6.45) is 5.06. The van der Waals surface area contributed by atoms with Crippen molar-refractivity contribution >= 4 is 29.0 Å². The van der Waals surface area contributed by atoms with Crippen LogP contribution in [0.4, 0.5) is 11.6 Å². The molecule has 9 heteroatoms. The van der Waals surface area contributed by atoms with Crippen molar-refractivity contribution < 1.29 is 0 Å². The van der Waals surface area contributed by atoms with E-state index in [4.69, 9.17) is 0 Å². The Morgan fingerprint density at radius 2 is 1.93 bits per heavy atom. The largest absolute Gasteiger partial charge is 0.342 e. The molecule has 3 heterocycles. The van der Waals surface area contributed by atoms with Crippen molar-refractivity contribution in [3.05, 3.63) is 51.2 Å². The number of para-hydroxylation sites is 1. The molecule has 0 spiro atoms. The van der Waals surface area contributed by atoms with Crippen molar-refractivity contribution in [1.82, 2.24) is 19.1 Å². The van der Waals surface area contributed by atoms with Gasteiger partial charge in [-0.15, -0.1) is 0 Å². The molecule has 0 bridgehead atoms. The monoisotopic (exact) mass is 381 g/mol. The van der Waals surface area contributed by atoms with Gasteiger partial charge in [0.1, 0.15) is 0 Å². The van der Waals surface area contributed by atoms with Crippen molar-refractivity contribution in [2.24, 2.45) is 12.1 Å². The standard InChI is InChI=1S/C19H23N7O2/c1-24-16-15(17(27)22-19(24)28)26(18(21-16)25-11-6-3-7-12-25)13-10-20-23-14-8-4-2-5-9-14/h2,4-5,8-10,23H,3,6-7,11-13H2,1H3,(H,22,27,28). The number of anilines is 2. The second-order valence-corrected chi connectivity index (χ2v) is 6.85. The average Bonchev–Trinajstić information content (AvgIpc) is 3.11. The Kier molecular flexibility index (Phi) is 4.96. The number of hydrogen-bond donors (Lipinski definition) is 2. The summed E-state index contributed by atoms with van der Waals surface area (Å²) in [5, 5.41) is 4.26. The first kappa shape index (κ1) is 18.0. The fourth-order valence-electron chi connectivity index (χ4n) is 3.49. The van der Waals surface area contributed by atoms with Crippen molar-refractivity contribution in [3.8, 4) is 0 Å². The first-order valence-electron chi connectivity index (χ1n) is 9.42. The number of piperidine rings is 1. The van der Waals surface area contributed by atoms with E-state index >= 15 is 0 Å². The van der Waals surface area contributed by atoms with E-state index in [2.05, 4.69) is 25.4 Å². The van der Waals surface area contributed by atoms with Crippen LogP contribution in [-0.4, -0.2) is 38.4 Å². The molecule has 9 nitrogen and oxygen atoms in total. The molecule has 1 aliphatic rings. The average molecular weight is 381 g/mol. The molecular weight excluding hydrogens is 358 g/mol. The molecule has 0 saturated carbocycles. The molecule has 2 aromatic heterocycles. The third-order valence-corrected chi connectivity index (χ3v) is 4.95. The third kappa shape index (κ3) is 3.42. The Morgan fingerprint density at radius 1 is 1.18 bits per heavy atom. The number of aromatic nitrogens is 4. The summed E-state index contributed by atoms with van der Waals surface area (Å²) in [6.45, 7) is 2.13. The van der Waals surface area contributed by atoms with Gasteiger partial charge in [0.05, 0.1) is 12.2 Å². The number of benzene rings is 1. The number of imidazole rings is 1. The van der Waals surface area contributed by atoms with Gasteiger partial charge in [-0.05, 0) is 31.4 Å². The van der Waals surface area contributed by atoms with Crippen LogP contribution < -0.4 is 21.6 Å². The van der Waals surface area contributed by atoms with Gasteiger partial charge in [0.25, 0.3) is 5.56 Å². The molecule has 1 fully saturated rings. The summed E-state index contributed by atoms with van der Waals surface area (Å²) < 4.78 is 3.20. The maximum absolute atomic E-state index is 12.5. The van der Waals surface area contributed by atoms with Crippen molar-refractivity contribution in [1.29, 1.82) is 0 Å². The van der Waals surface area contributed by atoms with Gasteiger partial charge >= 0.3 is 5.69 Å². The number of nitrogens with zero attached hydrogens (tertiary/aromatic N) is 5.